The van der Waals surface area contributed by atoms with Gasteiger partial charge in [-0.1, -0.05) is 6.92 Å². The number of aliphatic hydroxyl groups is 1. The zero-order valence-corrected chi connectivity index (χ0v) is 14.1. The van der Waals surface area contributed by atoms with Crippen molar-refractivity contribution >= 4 is 17.4 Å². The molecule has 7 nitrogen and oxygen atoms in total. The first-order valence-electron chi connectivity index (χ1n) is 8.34. The zero-order valence-electron chi connectivity index (χ0n) is 14.1. The first-order valence-corrected chi connectivity index (χ1v) is 8.34. The molecule has 1 N–H and O–H groups in total. The third-order valence-electron chi connectivity index (χ3n) is 4.45. The number of carbonyl (C=O) groups is 2. The van der Waals surface area contributed by atoms with Crippen LogP contribution in [0.2, 0.25) is 0 Å². The van der Waals surface area contributed by atoms with Crippen LogP contribution in [-0.2, 0) is 9.59 Å². The van der Waals surface area contributed by atoms with Gasteiger partial charge in [0.1, 0.15) is 25.0 Å². The molecule has 26 heavy (non-hydrogen) atoms. The molecular formula is C19H17NO6. The second-order valence-electron chi connectivity index (χ2n) is 5.96. The first-order chi connectivity index (χ1) is 12.6. The Morgan fingerprint density at radius 1 is 1.23 bits per heavy atom. The van der Waals surface area contributed by atoms with Crippen molar-refractivity contribution in [3.8, 4) is 11.5 Å². The summed E-state index contributed by atoms with van der Waals surface area (Å²) in [4.78, 5) is 26.5. The lowest BCUT2D eigenvalue weighted by atomic mass is 9.99. The number of amides is 1. The monoisotopic (exact) mass is 355 g/mol. The van der Waals surface area contributed by atoms with Gasteiger partial charge in [-0.25, -0.2) is 0 Å². The van der Waals surface area contributed by atoms with Crippen molar-refractivity contribution in [1.82, 2.24) is 0 Å². The standard InChI is InChI=1S/C19H17NO6/c1-2-12(21)16-17(14-4-3-7-24-14)20(19(23)18(16)22)11-5-6-13-15(10-11)26-9-8-25-13/h3-7,10,17,22H,2,8-9H2,1H3. The fraction of sp³-hybridized carbons (Fsp3) is 0.263. The molecule has 4 rings (SSSR count). The molecule has 3 heterocycles. The van der Waals surface area contributed by atoms with E-state index in [2.05, 4.69) is 0 Å². The Hall–Kier alpha value is -3.22. The third kappa shape index (κ3) is 2.44. The van der Waals surface area contributed by atoms with Crippen molar-refractivity contribution in [1.29, 1.82) is 0 Å². The van der Waals surface area contributed by atoms with E-state index in [4.69, 9.17) is 13.9 Å². The maximum absolute atomic E-state index is 12.8. The molecule has 2 aromatic rings. The van der Waals surface area contributed by atoms with E-state index in [1.165, 1.54) is 11.2 Å². The number of rotatable bonds is 4. The van der Waals surface area contributed by atoms with Crippen molar-refractivity contribution in [3.05, 3.63) is 53.7 Å². The van der Waals surface area contributed by atoms with Crippen LogP contribution in [-0.4, -0.2) is 30.0 Å². The van der Waals surface area contributed by atoms with Gasteiger partial charge in [-0.2, -0.15) is 0 Å². The number of furan rings is 1. The molecule has 1 unspecified atom stereocenters. The Morgan fingerprint density at radius 3 is 2.69 bits per heavy atom. The fourth-order valence-corrected chi connectivity index (χ4v) is 3.24. The highest BCUT2D eigenvalue weighted by Gasteiger charge is 2.45. The molecular weight excluding hydrogens is 338 g/mol. The van der Waals surface area contributed by atoms with Crippen LogP contribution < -0.4 is 14.4 Å². The van der Waals surface area contributed by atoms with Crippen molar-refractivity contribution in [2.75, 3.05) is 18.1 Å². The van der Waals surface area contributed by atoms with Gasteiger partial charge in [0, 0.05) is 18.2 Å². The van der Waals surface area contributed by atoms with Gasteiger partial charge in [0.15, 0.2) is 23.0 Å². The highest BCUT2D eigenvalue weighted by molar-refractivity contribution is 6.16. The van der Waals surface area contributed by atoms with Crippen molar-refractivity contribution in [2.24, 2.45) is 0 Å². The van der Waals surface area contributed by atoms with Gasteiger partial charge in [-0.05, 0) is 24.3 Å². The van der Waals surface area contributed by atoms with Gasteiger partial charge in [-0.15, -0.1) is 0 Å². The first kappa shape index (κ1) is 16.3. The highest BCUT2D eigenvalue weighted by atomic mass is 16.6. The summed E-state index contributed by atoms with van der Waals surface area (Å²) in [7, 11) is 0. The van der Waals surface area contributed by atoms with E-state index in [1.54, 1.807) is 37.3 Å². The second kappa shape index (κ2) is 6.25. The molecule has 1 atom stereocenters. The lowest BCUT2D eigenvalue weighted by Crippen LogP contribution is -2.31. The summed E-state index contributed by atoms with van der Waals surface area (Å²) in [5.74, 6) is -0.0165. The van der Waals surface area contributed by atoms with Gasteiger partial charge in [0.2, 0.25) is 0 Å². The molecule has 7 heteroatoms. The molecule has 0 saturated heterocycles. The Labute approximate surface area is 149 Å². The Bertz CT molecular complexity index is 899. The second-order valence-corrected chi connectivity index (χ2v) is 5.96. The molecule has 0 fully saturated rings. The molecule has 0 bridgehead atoms. The van der Waals surface area contributed by atoms with Crippen molar-refractivity contribution in [2.45, 2.75) is 19.4 Å². The van der Waals surface area contributed by atoms with Crippen LogP contribution in [0.25, 0.3) is 0 Å². The Balaban J connectivity index is 1.82. The topological polar surface area (TPSA) is 89.2 Å². The van der Waals surface area contributed by atoms with Gasteiger partial charge in [-0.3, -0.25) is 14.5 Å². The van der Waals surface area contributed by atoms with Crippen LogP contribution >= 0.6 is 0 Å². The van der Waals surface area contributed by atoms with E-state index in [9.17, 15) is 14.7 Å². The minimum atomic E-state index is -0.826. The highest BCUT2D eigenvalue weighted by Crippen LogP contribution is 2.43. The molecule has 0 radical (unpaired) electrons. The molecule has 1 aromatic carbocycles. The van der Waals surface area contributed by atoms with Gasteiger partial charge in [0.05, 0.1) is 11.8 Å². The minimum absolute atomic E-state index is 0.0438. The predicted molar refractivity (Wildman–Crippen MR) is 91.3 cm³/mol. The molecule has 0 saturated carbocycles. The van der Waals surface area contributed by atoms with E-state index in [0.717, 1.165) is 0 Å². The summed E-state index contributed by atoms with van der Waals surface area (Å²) in [6.07, 6.45) is 1.63. The normalized spacial score (nSPS) is 19.2. The molecule has 134 valence electrons. The number of ether oxygens (including phenoxy) is 2. The van der Waals surface area contributed by atoms with Gasteiger partial charge < -0.3 is 19.0 Å². The molecule has 2 aliphatic heterocycles. The minimum Gasteiger partial charge on any atom is -0.503 e. The lowest BCUT2D eigenvalue weighted by molar-refractivity contribution is -0.118. The van der Waals surface area contributed by atoms with Gasteiger partial charge >= 0.3 is 0 Å². The predicted octanol–water partition coefficient (Wildman–Crippen LogP) is 2.93. The molecule has 0 spiro atoms. The summed E-state index contributed by atoms with van der Waals surface area (Å²) in [6.45, 7) is 2.55. The summed E-state index contributed by atoms with van der Waals surface area (Å²) in [5, 5.41) is 10.4. The number of carbonyl (C=O) groups excluding carboxylic acids is 2. The zero-order chi connectivity index (χ0) is 18.3. The molecule has 1 aromatic heterocycles. The molecule has 2 aliphatic rings. The average molecular weight is 355 g/mol. The quantitative estimate of drug-likeness (QED) is 0.907. The Morgan fingerprint density at radius 2 is 2.00 bits per heavy atom. The van der Waals surface area contributed by atoms with Gasteiger partial charge in [0.25, 0.3) is 5.91 Å². The number of anilines is 1. The maximum Gasteiger partial charge on any atom is 0.294 e. The summed E-state index contributed by atoms with van der Waals surface area (Å²) in [5.41, 5.74) is 0.522. The van der Waals surface area contributed by atoms with Crippen molar-refractivity contribution < 1.29 is 28.6 Å². The van der Waals surface area contributed by atoms with Crippen LogP contribution in [0.3, 0.4) is 0 Å². The van der Waals surface area contributed by atoms with E-state index < -0.39 is 17.7 Å². The van der Waals surface area contributed by atoms with Crippen LogP contribution in [0.5, 0.6) is 11.5 Å². The van der Waals surface area contributed by atoms with E-state index in [1.807, 2.05) is 0 Å². The number of ketones is 1. The smallest absolute Gasteiger partial charge is 0.294 e. The maximum atomic E-state index is 12.8. The number of aliphatic hydroxyl groups excluding tert-OH is 1. The molecule has 1 amide bonds. The summed E-state index contributed by atoms with van der Waals surface area (Å²) < 4.78 is 16.5. The number of Topliss-reactive ketones (excluding diaryl/α,β-unsaturated/α-hetero) is 1. The van der Waals surface area contributed by atoms with Crippen LogP contribution in [0, 0.1) is 0 Å². The SMILES string of the molecule is CCC(=O)C1=C(O)C(=O)N(c2ccc3c(c2)OCCO3)C1c1ccco1. The lowest BCUT2D eigenvalue weighted by Gasteiger charge is -2.26. The number of nitrogens with zero attached hydrogens (tertiary/aromatic N) is 1. The average Bonchev–Trinajstić information content (AvgIpc) is 3.28. The van der Waals surface area contributed by atoms with E-state index in [0.29, 0.717) is 36.2 Å². The summed E-state index contributed by atoms with van der Waals surface area (Å²) in [6, 6.07) is 7.57. The van der Waals surface area contributed by atoms with Crippen molar-refractivity contribution in [3.63, 3.8) is 0 Å². The van der Waals surface area contributed by atoms with E-state index >= 15 is 0 Å². The van der Waals surface area contributed by atoms with E-state index in [-0.39, 0.29) is 17.8 Å². The van der Waals surface area contributed by atoms with Crippen LogP contribution in [0.1, 0.15) is 25.1 Å². The van der Waals surface area contributed by atoms with Crippen LogP contribution in [0.15, 0.2) is 52.3 Å². The third-order valence-corrected chi connectivity index (χ3v) is 4.45. The molecule has 0 aliphatic carbocycles. The summed E-state index contributed by atoms with van der Waals surface area (Å²) >= 11 is 0. The van der Waals surface area contributed by atoms with Crippen LogP contribution in [0.4, 0.5) is 5.69 Å². The fourth-order valence-electron chi connectivity index (χ4n) is 3.24. The number of hydrogen-bond acceptors (Lipinski definition) is 6. The Kier molecular flexibility index (Phi) is 3.91. The largest absolute Gasteiger partial charge is 0.503 e. The number of fused-ring (bicyclic) bond motifs is 1. The number of hydrogen-bond donors (Lipinski definition) is 1. The number of benzene rings is 1.